The molecule has 198 valence electrons. The molecule has 7 nitrogen and oxygen atoms in total. The maximum atomic E-state index is 13.9. The Morgan fingerprint density at radius 1 is 1.25 bits per heavy atom. The Kier molecular flexibility index (Phi) is 7.29. The molecule has 4 bridgehead atoms. The number of nitrogens with zero attached hydrogens (tertiary/aromatic N) is 3. The quantitative estimate of drug-likeness (QED) is 0.491. The molecule has 2 N–H and O–H groups in total. The number of aliphatic carboxylic acids is 1. The highest BCUT2D eigenvalue weighted by Gasteiger charge is 2.56. The molecule has 4 aliphatic carbocycles. The van der Waals surface area contributed by atoms with Gasteiger partial charge in [-0.2, -0.15) is 0 Å². The van der Waals surface area contributed by atoms with Gasteiger partial charge in [-0.3, -0.25) is 9.59 Å². The fraction of sp³-hybridized carbons (Fsp3) is 0.750. The van der Waals surface area contributed by atoms with E-state index in [0.29, 0.717) is 29.9 Å². The fourth-order valence-corrected chi connectivity index (χ4v) is 8.68. The van der Waals surface area contributed by atoms with Crippen molar-refractivity contribution in [1.29, 1.82) is 0 Å². The number of carboxylic acid groups (broad SMARTS) is 1. The van der Waals surface area contributed by atoms with Crippen LogP contribution in [0.4, 0.5) is 5.82 Å². The van der Waals surface area contributed by atoms with Gasteiger partial charge in [0, 0.05) is 26.2 Å². The Labute approximate surface area is 219 Å². The number of aliphatic hydroxyl groups is 1. The summed E-state index contributed by atoms with van der Waals surface area (Å²) in [6.45, 7) is 5.47. The molecule has 1 aromatic rings. The van der Waals surface area contributed by atoms with Gasteiger partial charge in [0.25, 0.3) is 5.91 Å². The van der Waals surface area contributed by atoms with E-state index in [9.17, 15) is 19.8 Å². The number of anilines is 1. The van der Waals surface area contributed by atoms with E-state index in [4.69, 9.17) is 4.98 Å². The van der Waals surface area contributed by atoms with Crippen molar-refractivity contribution in [2.45, 2.75) is 81.9 Å². The molecular formula is C28H41N3O4S. The predicted molar refractivity (Wildman–Crippen MR) is 141 cm³/mol. The average molecular weight is 516 g/mol. The van der Waals surface area contributed by atoms with Crippen molar-refractivity contribution in [2.24, 2.45) is 29.6 Å². The topological polar surface area (TPSA) is 94.0 Å². The third-order valence-electron chi connectivity index (χ3n) is 9.36. The lowest BCUT2D eigenvalue weighted by Gasteiger charge is -2.59. The summed E-state index contributed by atoms with van der Waals surface area (Å²) < 4.78 is 0. The average Bonchev–Trinajstić information content (AvgIpc) is 2.85. The van der Waals surface area contributed by atoms with Gasteiger partial charge >= 0.3 is 5.97 Å². The van der Waals surface area contributed by atoms with E-state index in [2.05, 4.69) is 11.8 Å². The van der Waals surface area contributed by atoms with Crippen molar-refractivity contribution >= 4 is 29.5 Å². The molecule has 2 heterocycles. The first kappa shape index (κ1) is 25.8. The molecule has 0 radical (unpaired) electrons. The molecule has 36 heavy (non-hydrogen) atoms. The van der Waals surface area contributed by atoms with Crippen molar-refractivity contribution in [1.82, 2.24) is 9.88 Å². The number of piperidine rings is 1. The molecule has 1 aromatic heterocycles. The fourth-order valence-electron chi connectivity index (χ4n) is 7.82. The van der Waals surface area contributed by atoms with Crippen LogP contribution in [-0.4, -0.2) is 69.5 Å². The number of thioether (sulfide) groups is 1. The number of carbonyl (C=O) groups is 2. The Hall–Kier alpha value is -1.80. The van der Waals surface area contributed by atoms with Crippen LogP contribution in [0.1, 0.15) is 75.6 Å². The SMILES string of the molecule is CCCSc1nc(N2CCC[C@@H](C(C)C(=O)O)C2)ccc1C(=O)N(C)[C@H]1C2CC3CC1C[C@@](O)(C3)C2. The first-order valence-corrected chi connectivity index (χ1v) is 14.8. The number of aromatic nitrogens is 1. The van der Waals surface area contributed by atoms with E-state index in [0.717, 1.165) is 74.5 Å². The highest BCUT2D eigenvalue weighted by Crippen LogP contribution is 2.57. The van der Waals surface area contributed by atoms with Crippen LogP contribution in [0.15, 0.2) is 17.2 Å². The van der Waals surface area contributed by atoms with Crippen LogP contribution in [0.5, 0.6) is 0 Å². The summed E-state index contributed by atoms with van der Waals surface area (Å²) in [6.07, 6.45) is 7.70. The predicted octanol–water partition coefficient (Wildman–Crippen LogP) is 4.53. The van der Waals surface area contributed by atoms with Gasteiger partial charge < -0.3 is 20.0 Å². The van der Waals surface area contributed by atoms with Gasteiger partial charge in [0.05, 0.1) is 17.1 Å². The van der Waals surface area contributed by atoms with Crippen molar-refractivity contribution in [3.8, 4) is 0 Å². The maximum Gasteiger partial charge on any atom is 0.306 e. The summed E-state index contributed by atoms with van der Waals surface area (Å²) in [5, 5.41) is 21.2. The molecule has 3 unspecified atom stereocenters. The molecule has 1 amide bonds. The normalized spacial score (nSPS) is 34.0. The number of carboxylic acids is 1. The largest absolute Gasteiger partial charge is 0.481 e. The molecule has 4 saturated carbocycles. The van der Waals surface area contributed by atoms with Crippen LogP contribution < -0.4 is 4.90 Å². The Bertz CT molecular complexity index is 987. The Morgan fingerprint density at radius 3 is 2.61 bits per heavy atom. The summed E-state index contributed by atoms with van der Waals surface area (Å²) in [5.41, 5.74) is 0.159. The van der Waals surface area contributed by atoms with E-state index < -0.39 is 11.6 Å². The van der Waals surface area contributed by atoms with Gasteiger partial charge in [-0.15, -0.1) is 11.8 Å². The first-order valence-electron chi connectivity index (χ1n) is 13.8. The second kappa shape index (κ2) is 10.2. The molecule has 1 aliphatic heterocycles. The molecule has 5 fully saturated rings. The highest BCUT2D eigenvalue weighted by atomic mass is 32.2. The van der Waals surface area contributed by atoms with Crippen molar-refractivity contribution < 1.29 is 19.8 Å². The van der Waals surface area contributed by atoms with Crippen molar-refractivity contribution in [2.75, 3.05) is 30.8 Å². The third kappa shape index (κ3) is 4.87. The zero-order valence-electron chi connectivity index (χ0n) is 21.9. The van der Waals surface area contributed by atoms with Gasteiger partial charge in [-0.25, -0.2) is 4.98 Å². The number of hydrogen-bond donors (Lipinski definition) is 2. The summed E-state index contributed by atoms with van der Waals surface area (Å²) in [5.74, 6) is 2.13. The highest BCUT2D eigenvalue weighted by molar-refractivity contribution is 7.99. The van der Waals surface area contributed by atoms with E-state index in [1.807, 2.05) is 24.1 Å². The molecule has 8 heteroatoms. The lowest BCUT2D eigenvalue weighted by molar-refractivity contribution is -0.152. The zero-order chi connectivity index (χ0) is 25.6. The van der Waals surface area contributed by atoms with Crippen LogP contribution in [0.2, 0.25) is 0 Å². The summed E-state index contributed by atoms with van der Waals surface area (Å²) >= 11 is 1.64. The van der Waals surface area contributed by atoms with Gasteiger partial charge in [0.1, 0.15) is 10.8 Å². The number of rotatable bonds is 8. The molecule has 1 saturated heterocycles. The minimum absolute atomic E-state index is 0.0353. The van der Waals surface area contributed by atoms with Crippen LogP contribution in [0.25, 0.3) is 0 Å². The van der Waals surface area contributed by atoms with Gasteiger partial charge in [0.15, 0.2) is 0 Å². The summed E-state index contributed by atoms with van der Waals surface area (Å²) in [6, 6.07) is 4.08. The second-order valence-electron chi connectivity index (χ2n) is 11.9. The molecular weight excluding hydrogens is 474 g/mol. The zero-order valence-corrected chi connectivity index (χ0v) is 22.7. The minimum Gasteiger partial charge on any atom is -0.481 e. The number of amides is 1. The minimum atomic E-state index is -0.741. The van der Waals surface area contributed by atoms with Crippen LogP contribution >= 0.6 is 11.8 Å². The molecule has 0 aromatic carbocycles. The van der Waals surface area contributed by atoms with Crippen molar-refractivity contribution in [3.63, 3.8) is 0 Å². The van der Waals surface area contributed by atoms with E-state index >= 15 is 0 Å². The van der Waals surface area contributed by atoms with Crippen molar-refractivity contribution in [3.05, 3.63) is 17.7 Å². The Morgan fingerprint density at radius 2 is 1.97 bits per heavy atom. The molecule has 6 rings (SSSR count). The molecule has 4 atom stereocenters. The van der Waals surface area contributed by atoms with E-state index in [1.54, 1.807) is 18.7 Å². The molecule has 0 spiro atoms. The lowest BCUT2D eigenvalue weighted by atomic mass is 9.52. The standard InChI is InChI=1S/C28H41N3O4S/c1-4-10-36-25-22(7-8-23(29-25)31-9-5-6-19(16-31)17(2)27(33)34)26(32)30(3)24-20-11-18-12-21(24)15-28(35,13-18)14-20/h7-8,17-21,24,35H,4-6,9-16H2,1-3H3,(H,33,34)/t17?,18?,19-,20?,21?,24-,28+/m1/s1. The van der Waals surface area contributed by atoms with E-state index in [1.165, 1.54) is 0 Å². The van der Waals surface area contributed by atoms with E-state index in [-0.39, 0.29) is 23.8 Å². The smallest absolute Gasteiger partial charge is 0.306 e. The number of carbonyl (C=O) groups excluding carboxylic acids is 1. The summed E-state index contributed by atoms with van der Waals surface area (Å²) in [7, 11) is 1.95. The molecule has 5 aliphatic rings. The Balaban J connectivity index is 1.36. The lowest BCUT2D eigenvalue weighted by Crippen LogP contribution is -2.61. The number of hydrogen-bond acceptors (Lipinski definition) is 6. The third-order valence-corrected chi connectivity index (χ3v) is 10.6. The van der Waals surface area contributed by atoms with Crippen LogP contribution in [0.3, 0.4) is 0 Å². The van der Waals surface area contributed by atoms with Gasteiger partial charge in [-0.1, -0.05) is 13.8 Å². The maximum absolute atomic E-state index is 13.9. The van der Waals surface area contributed by atoms with Crippen LogP contribution in [-0.2, 0) is 4.79 Å². The number of pyridine rings is 1. The van der Waals surface area contributed by atoms with Gasteiger partial charge in [0.2, 0.25) is 0 Å². The van der Waals surface area contributed by atoms with Crippen LogP contribution in [0, 0.1) is 29.6 Å². The first-order chi connectivity index (χ1) is 17.2. The summed E-state index contributed by atoms with van der Waals surface area (Å²) in [4.78, 5) is 34.6. The second-order valence-corrected chi connectivity index (χ2v) is 13.0. The monoisotopic (exact) mass is 515 g/mol. The van der Waals surface area contributed by atoms with Gasteiger partial charge in [-0.05, 0) is 92.9 Å².